The van der Waals surface area contributed by atoms with Crippen molar-refractivity contribution in [3.8, 4) is 5.75 Å². The number of rotatable bonds is 6. The second-order valence-electron chi connectivity index (χ2n) is 8.43. The minimum absolute atomic E-state index is 0.0577. The van der Waals surface area contributed by atoms with Crippen LogP contribution in [0.2, 0.25) is 0 Å². The fraction of sp³-hybridized carbons (Fsp3) is 0.636. The van der Waals surface area contributed by atoms with Gasteiger partial charge in [-0.3, -0.25) is 14.5 Å². The number of halogens is 1. The van der Waals surface area contributed by atoms with Gasteiger partial charge in [-0.05, 0) is 25.0 Å². The van der Waals surface area contributed by atoms with E-state index in [1.54, 1.807) is 24.0 Å². The molecule has 1 N–H and O–H groups in total. The van der Waals surface area contributed by atoms with E-state index in [1.165, 1.54) is 19.2 Å². The summed E-state index contributed by atoms with van der Waals surface area (Å²) in [6.07, 6.45) is 1.62. The molecule has 2 amide bonds. The van der Waals surface area contributed by atoms with Crippen LogP contribution in [0.1, 0.15) is 19.8 Å². The van der Waals surface area contributed by atoms with Gasteiger partial charge in [0.1, 0.15) is 30.4 Å². The lowest BCUT2D eigenvalue weighted by molar-refractivity contribution is -0.138. The average Bonchev–Trinajstić information content (AvgIpc) is 2.92. The second kappa shape index (κ2) is 10.4. The average molecular weight is 438 g/mol. The van der Waals surface area contributed by atoms with Crippen LogP contribution in [0, 0.1) is 5.82 Å². The van der Waals surface area contributed by atoms with E-state index in [2.05, 4.69) is 4.90 Å². The highest BCUT2D eigenvalue weighted by Gasteiger charge is 2.40. The highest BCUT2D eigenvalue weighted by atomic mass is 19.1. The Morgan fingerprint density at radius 3 is 2.55 bits per heavy atom. The molecule has 0 aliphatic carbocycles. The van der Waals surface area contributed by atoms with E-state index in [9.17, 15) is 19.1 Å². The van der Waals surface area contributed by atoms with Crippen LogP contribution in [0.25, 0.3) is 0 Å². The zero-order chi connectivity index (χ0) is 22.4. The molecule has 0 bridgehead atoms. The molecule has 3 rings (SSSR count). The molecule has 2 heterocycles. The van der Waals surface area contributed by atoms with Crippen LogP contribution in [0.4, 0.5) is 4.39 Å². The third kappa shape index (κ3) is 6.38. The number of benzene rings is 1. The van der Waals surface area contributed by atoms with E-state index in [4.69, 9.17) is 9.47 Å². The molecule has 31 heavy (non-hydrogen) atoms. The molecule has 1 atom stereocenters. The third-order valence-corrected chi connectivity index (χ3v) is 5.99. The van der Waals surface area contributed by atoms with Crippen molar-refractivity contribution >= 4 is 11.8 Å². The molecule has 1 aromatic carbocycles. The van der Waals surface area contributed by atoms with Crippen LogP contribution >= 0.6 is 0 Å². The molecule has 9 heteroatoms. The molecule has 0 unspecified atom stereocenters. The Labute approximate surface area is 182 Å². The maximum atomic E-state index is 13.5. The number of likely N-dealkylation sites (tertiary alicyclic amines) is 1. The Bertz CT molecular complexity index is 771. The van der Waals surface area contributed by atoms with Crippen molar-refractivity contribution in [2.45, 2.75) is 31.4 Å². The number of aliphatic hydroxyl groups is 1. The third-order valence-electron chi connectivity index (χ3n) is 5.99. The Kier molecular flexibility index (Phi) is 7.85. The largest absolute Gasteiger partial charge is 0.490 e. The van der Waals surface area contributed by atoms with Crippen molar-refractivity contribution in [3.05, 3.63) is 30.1 Å². The minimum atomic E-state index is -1.33. The highest BCUT2D eigenvalue weighted by molar-refractivity contribution is 5.77. The molecular formula is C22H32FN3O5. The van der Waals surface area contributed by atoms with Gasteiger partial charge in [-0.15, -0.1) is 0 Å². The second-order valence-corrected chi connectivity index (χ2v) is 8.43. The molecule has 0 radical (unpaired) electrons. The number of hydrogen-bond acceptors (Lipinski definition) is 6. The normalized spacial score (nSPS) is 23.5. The van der Waals surface area contributed by atoms with Crippen molar-refractivity contribution in [3.63, 3.8) is 0 Å². The van der Waals surface area contributed by atoms with E-state index in [-0.39, 0.29) is 37.6 Å². The Morgan fingerprint density at radius 2 is 1.90 bits per heavy atom. The number of nitrogens with zero attached hydrogens (tertiary/aromatic N) is 3. The first-order valence-corrected chi connectivity index (χ1v) is 10.7. The van der Waals surface area contributed by atoms with E-state index < -0.39 is 11.4 Å². The molecule has 0 spiro atoms. The fourth-order valence-corrected chi connectivity index (χ4v) is 4.34. The van der Waals surface area contributed by atoms with Crippen molar-refractivity contribution in [2.75, 3.05) is 59.6 Å². The topological polar surface area (TPSA) is 82.6 Å². The molecule has 172 valence electrons. The quantitative estimate of drug-likeness (QED) is 0.707. The molecule has 2 aliphatic heterocycles. The van der Waals surface area contributed by atoms with E-state index in [0.29, 0.717) is 38.5 Å². The number of β-amino-alcohol motifs (C(OH)–C–C–N with tert-alkyl or cyclic N) is 1. The summed E-state index contributed by atoms with van der Waals surface area (Å²) in [5, 5.41) is 11.5. The van der Waals surface area contributed by atoms with Gasteiger partial charge < -0.3 is 24.4 Å². The standard InChI is InChI=1S/C22H32FN3O5/c1-17(27)24-8-6-19(7-9-24)25-10-11-26(21(28)13-30-2)15-22(29,14-25)16-31-20-5-3-4-18(23)12-20/h3-5,12,19,29H,6-11,13-16H2,1-2H3/t22-/m0/s1. The molecule has 1 aromatic rings. The minimum Gasteiger partial charge on any atom is -0.490 e. The van der Waals surface area contributed by atoms with Gasteiger partial charge in [0, 0.05) is 58.9 Å². The summed E-state index contributed by atoms with van der Waals surface area (Å²) in [5.74, 6) is -0.208. The molecule has 2 aliphatic rings. The predicted octanol–water partition coefficient (Wildman–Crippen LogP) is 0.737. The summed E-state index contributed by atoms with van der Waals surface area (Å²) in [6, 6.07) is 5.97. The monoisotopic (exact) mass is 437 g/mol. The number of methoxy groups -OCH3 is 1. The first-order chi connectivity index (χ1) is 14.8. The Balaban J connectivity index is 1.72. The van der Waals surface area contributed by atoms with Gasteiger partial charge in [0.2, 0.25) is 11.8 Å². The van der Waals surface area contributed by atoms with Crippen molar-refractivity contribution in [1.29, 1.82) is 0 Å². The summed E-state index contributed by atoms with van der Waals surface area (Å²) in [4.78, 5) is 29.8. The summed E-state index contributed by atoms with van der Waals surface area (Å²) in [5.41, 5.74) is -1.33. The first kappa shape index (κ1) is 23.4. The molecule has 8 nitrogen and oxygen atoms in total. The summed E-state index contributed by atoms with van der Waals surface area (Å²) in [7, 11) is 1.46. The molecule has 2 saturated heterocycles. The lowest BCUT2D eigenvalue weighted by Crippen LogP contribution is -2.55. The van der Waals surface area contributed by atoms with Crippen molar-refractivity contribution < 1.29 is 28.6 Å². The number of carbonyl (C=O) groups is 2. The van der Waals surface area contributed by atoms with E-state index in [0.717, 1.165) is 12.8 Å². The number of amides is 2. The predicted molar refractivity (Wildman–Crippen MR) is 112 cm³/mol. The summed E-state index contributed by atoms with van der Waals surface area (Å²) >= 11 is 0. The fourth-order valence-electron chi connectivity index (χ4n) is 4.34. The zero-order valence-electron chi connectivity index (χ0n) is 18.3. The van der Waals surface area contributed by atoms with Crippen LogP contribution < -0.4 is 4.74 Å². The number of carbonyl (C=O) groups excluding carboxylic acids is 2. The Hall–Kier alpha value is -2.23. The van der Waals surface area contributed by atoms with Gasteiger partial charge in [-0.1, -0.05) is 6.07 Å². The zero-order valence-corrected chi connectivity index (χ0v) is 18.3. The maximum Gasteiger partial charge on any atom is 0.248 e. The van der Waals surface area contributed by atoms with E-state index >= 15 is 0 Å². The van der Waals surface area contributed by atoms with Gasteiger partial charge in [0.15, 0.2) is 0 Å². The molecule has 2 fully saturated rings. The summed E-state index contributed by atoms with van der Waals surface area (Å²) in [6.45, 7) is 4.32. The van der Waals surface area contributed by atoms with E-state index in [1.807, 2.05) is 4.90 Å². The lowest BCUT2D eigenvalue weighted by atomic mass is 9.99. The first-order valence-electron chi connectivity index (χ1n) is 10.7. The van der Waals surface area contributed by atoms with Gasteiger partial charge in [0.25, 0.3) is 0 Å². The van der Waals surface area contributed by atoms with Gasteiger partial charge in [0.05, 0.1) is 6.54 Å². The van der Waals surface area contributed by atoms with Crippen LogP contribution in [0.3, 0.4) is 0 Å². The van der Waals surface area contributed by atoms with Crippen LogP contribution in [0.15, 0.2) is 24.3 Å². The van der Waals surface area contributed by atoms with Crippen molar-refractivity contribution in [1.82, 2.24) is 14.7 Å². The highest BCUT2D eigenvalue weighted by Crippen LogP contribution is 2.24. The number of piperidine rings is 1. The molecule has 0 saturated carbocycles. The van der Waals surface area contributed by atoms with Gasteiger partial charge in [-0.2, -0.15) is 0 Å². The smallest absolute Gasteiger partial charge is 0.248 e. The number of ether oxygens (including phenoxy) is 2. The van der Waals surface area contributed by atoms with Gasteiger partial charge in [-0.25, -0.2) is 4.39 Å². The molecular weight excluding hydrogens is 405 g/mol. The lowest BCUT2D eigenvalue weighted by Gasteiger charge is -2.40. The van der Waals surface area contributed by atoms with Crippen LogP contribution in [-0.2, 0) is 14.3 Å². The van der Waals surface area contributed by atoms with Crippen molar-refractivity contribution in [2.24, 2.45) is 0 Å². The van der Waals surface area contributed by atoms with Crippen LogP contribution in [0.5, 0.6) is 5.75 Å². The van der Waals surface area contributed by atoms with Gasteiger partial charge >= 0.3 is 0 Å². The molecule has 0 aromatic heterocycles. The summed E-state index contributed by atoms with van der Waals surface area (Å²) < 4.78 is 24.2. The maximum absolute atomic E-state index is 13.5. The Morgan fingerprint density at radius 1 is 1.16 bits per heavy atom. The number of hydrogen-bond donors (Lipinski definition) is 1. The SMILES string of the molecule is COCC(=O)N1CCN(C2CCN(C(C)=O)CC2)C[C@@](O)(COc2cccc(F)c2)C1. The van der Waals surface area contributed by atoms with Crippen LogP contribution in [-0.4, -0.2) is 103 Å².